The zero-order chi connectivity index (χ0) is 12.3. The summed E-state index contributed by atoms with van der Waals surface area (Å²) in [4.78, 5) is 0.348. The van der Waals surface area contributed by atoms with Gasteiger partial charge in [-0.3, -0.25) is 0 Å². The van der Waals surface area contributed by atoms with Crippen LogP contribution in [0.2, 0.25) is 0 Å². The van der Waals surface area contributed by atoms with Crippen LogP contribution in [0, 0.1) is 11.6 Å². The average molecular weight is 259 g/mol. The van der Waals surface area contributed by atoms with Gasteiger partial charge in [0, 0.05) is 22.8 Å². The van der Waals surface area contributed by atoms with Crippen LogP contribution in [0.15, 0.2) is 23.1 Å². The molecule has 2 nitrogen and oxygen atoms in total. The lowest BCUT2D eigenvalue weighted by molar-refractivity contribution is 0.0850. The van der Waals surface area contributed by atoms with E-state index in [1.165, 1.54) is 17.8 Å². The van der Waals surface area contributed by atoms with Crippen molar-refractivity contribution in [3.8, 4) is 0 Å². The van der Waals surface area contributed by atoms with Crippen molar-refractivity contribution in [2.24, 2.45) is 0 Å². The normalized spacial score (nSPS) is 24.9. The lowest BCUT2D eigenvalue weighted by Crippen LogP contribution is -2.43. The van der Waals surface area contributed by atoms with Gasteiger partial charge >= 0.3 is 0 Å². The summed E-state index contributed by atoms with van der Waals surface area (Å²) in [6.45, 7) is 1.28. The van der Waals surface area contributed by atoms with Gasteiger partial charge in [0.25, 0.3) is 0 Å². The zero-order valence-electron chi connectivity index (χ0n) is 9.58. The lowest BCUT2D eigenvalue weighted by Gasteiger charge is -2.30. The monoisotopic (exact) mass is 259 g/mol. The van der Waals surface area contributed by atoms with Gasteiger partial charge in [0.15, 0.2) is 0 Å². The maximum absolute atomic E-state index is 13.5. The molecular formula is C12H15F2NOS. The van der Waals surface area contributed by atoms with E-state index in [2.05, 4.69) is 5.32 Å². The molecule has 2 atom stereocenters. The number of nitrogens with one attached hydrogen (secondary N) is 1. The highest BCUT2D eigenvalue weighted by atomic mass is 32.2. The van der Waals surface area contributed by atoms with Crippen molar-refractivity contribution in [2.75, 3.05) is 20.3 Å². The fourth-order valence-electron chi connectivity index (χ4n) is 1.89. The standard InChI is InChI=1S/C12H15F2NOS/c1-15-10-4-5-16-7-12(10)17-11-6-8(13)2-3-9(11)14/h2-3,6,10,12,15H,4-5,7H2,1H3. The third kappa shape index (κ3) is 3.18. The minimum absolute atomic E-state index is 0.116. The molecule has 1 heterocycles. The number of halogens is 2. The molecule has 1 N–H and O–H groups in total. The van der Waals surface area contributed by atoms with Crippen molar-refractivity contribution in [3.63, 3.8) is 0 Å². The quantitative estimate of drug-likeness (QED) is 0.901. The smallest absolute Gasteiger partial charge is 0.136 e. The van der Waals surface area contributed by atoms with Crippen LogP contribution in [0.1, 0.15) is 6.42 Å². The van der Waals surface area contributed by atoms with Crippen molar-refractivity contribution < 1.29 is 13.5 Å². The van der Waals surface area contributed by atoms with E-state index in [0.717, 1.165) is 18.6 Å². The second kappa shape index (κ2) is 5.80. The van der Waals surface area contributed by atoms with E-state index >= 15 is 0 Å². The van der Waals surface area contributed by atoms with Crippen LogP contribution in [0.3, 0.4) is 0 Å². The fraction of sp³-hybridized carbons (Fsp3) is 0.500. The first kappa shape index (κ1) is 12.8. The Bertz CT molecular complexity index is 389. The van der Waals surface area contributed by atoms with Gasteiger partial charge in [0.1, 0.15) is 11.6 Å². The Labute approximate surface area is 104 Å². The van der Waals surface area contributed by atoms with Gasteiger partial charge in [-0.15, -0.1) is 11.8 Å². The molecule has 17 heavy (non-hydrogen) atoms. The van der Waals surface area contributed by atoms with E-state index in [0.29, 0.717) is 18.1 Å². The summed E-state index contributed by atoms with van der Waals surface area (Å²) >= 11 is 1.34. The first-order chi connectivity index (χ1) is 8.20. The Morgan fingerprint density at radius 2 is 2.24 bits per heavy atom. The molecule has 94 valence electrons. The number of thioether (sulfide) groups is 1. The molecule has 0 bridgehead atoms. The molecule has 0 spiro atoms. The van der Waals surface area contributed by atoms with Crippen molar-refractivity contribution >= 4 is 11.8 Å². The van der Waals surface area contributed by atoms with Gasteiger partial charge in [-0.2, -0.15) is 0 Å². The molecule has 1 aromatic carbocycles. The number of hydrogen-bond acceptors (Lipinski definition) is 3. The molecule has 0 aromatic heterocycles. The number of rotatable bonds is 3. The van der Waals surface area contributed by atoms with Gasteiger partial charge in [0.05, 0.1) is 6.61 Å². The van der Waals surface area contributed by atoms with Crippen LogP contribution in [0.25, 0.3) is 0 Å². The van der Waals surface area contributed by atoms with E-state index in [1.54, 1.807) is 0 Å². The maximum Gasteiger partial charge on any atom is 0.136 e. The summed E-state index contributed by atoms with van der Waals surface area (Å²) in [5.41, 5.74) is 0. The van der Waals surface area contributed by atoms with Crippen molar-refractivity contribution in [1.82, 2.24) is 5.32 Å². The summed E-state index contributed by atoms with van der Waals surface area (Å²) < 4.78 is 31.9. The molecule has 0 aliphatic carbocycles. The minimum atomic E-state index is -0.411. The highest BCUT2D eigenvalue weighted by Gasteiger charge is 2.26. The van der Waals surface area contributed by atoms with Gasteiger partial charge in [-0.1, -0.05) is 0 Å². The lowest BCUT2D eigenvalue weighted by atomic mass is 10.1. The SMILES string of the molecule is CNC1CCOCC1Sc1cc(F)ccc1F. The molecule has 0 amide bonds. The van der Waals surface area contributed by atoms with Crippen LogP contribution < -0.4 is 5.32 Å². The van der Waals surface area contributed by atoms with Crippen molar-refractivity contribution in [1.29, 1.82) is 0 Å². The summed E-state index contributed by atoms with van der Waals surface area (Å²) in [6.07, 6.45) is 0.894. The summed E-state index contributed by atoms with van der Waals surface area (Å²) in [7, 11) is 1.88. The van der Waals surface area contributed by atoms with Crippen LogP contribution in [0.5, 0.6) is 0 Å². The Morgan fingerprint density at radius 1 is 1.41 bits per heavy atom. The van der Waals surface area contributed by atoms with E-state index in [9.17, 15) is 8.78 Å². The highest BCUT2D eigenvalue weighted by molar-refractivity contribution is 8.00. The largest absolute Gasteiger partial charge is 0.380 e. The van der Waals surface area contributed by atoms with Crippen LogP contribution >= 0.6 is 11.8 Å². The summed E-state index contributed by atoms with van der Waals surface area (Å²) in [5, 5.41) is 3.31. The first-order valence-corrected chi connectivity index (χ1v) is 6.45. The highest BCUT2D eigenvalue weighted by Crippen LogP contribution is 2.31. The number of ether oxygens (including phenoxy) is 1. The maximum atomic E-state index is 13.5. The zero-order valence-corrected chi connectivity index (χ0v) is 10.4. The van der Waals surface area contributed by atoms with Crippen molar-refractivity contribution in [3.05, 3.63) is 29.8 Å². The molecule has 1 saturated heterocycles. The van der Waals surface area contributed by atoms with Crippen LogP contribution in [-0.4, -0.2) is 31.6 Å². The third-order valence-electron chi connectivity index (χ3n) is 2.85. The van der Waals surface area contributed by atoms with Crippen LogP contribution in [0.4, 0.5) is 8.78 Å². The first-order valence-electron chi connectivity index (χ1n) is 5.57. The average Bonchev–Trinajstić information content (AvgIpc) is 2.34. The van der Waals surface area contributed by atoms with E-state index < -0.39 is 5.82 Å². The fourth-order valence-corrected chi connectivity index (χ4v) is 3.18. The van der Waals surface area contributed by atoms with E-state index in [-0.39, 0.29) is 17.1 Å². The molecule has 1 aliphatic rings. The van der Waals surface area contributed by atoms with Gasteiger partial charge in [-0.05, 0) is 31.7 Å². The van der Waals surface area contributed by atoms with Gasteiger partial charge in [-0.25, -0.2) is 8.78 Å². The Hall–Kier alpha value is -0.650. The predicted octanol–water partition coefficient (Wildman–Crippen LogP) is 2.43. The topological polar surface area (TPSA) is 21.3 Å². The molecule has 2 rings (SSSR count). The Balaban J connectivity index is 2.10. The number of benzene rings is 1. The van der Waals surface area contributed by atoms with Gasteiger partial charge < -0.3 is 10.1 Å². The van der Waals surface area contributed by atoms with E-state index in [1.807, 2.05) is 7.05 Å². The molecule has 1 aliphatic heterocycles. The Kier molecular flexibility index (Phi) is 4.36. The molecule has 1 fully saturated rings. The minimum Gasteiger partial charge on any atom is -0.380 e. The van der Waals surface area contributed by atoms with E-state index in [4.69, 9.17) is 4.74 Å². The molecule has 1 aromatic rings. The Morgan fingerprint density at radius 3 is 3.00 bits per heavy atom. The second-order valence-electron chi connectivity index (χ2n) is 3.99. The molecule has 5 heteroatoms. The molecule has 2 unspecified atom stereocenters. The molecule has 0 saturated carbocycles. The molecule has 0 radical (unpaired) electrons. The second-order valence-corrected chi connectivity index (χ2v) is 5.27. The third-order valence-corrected chi connectivity index (χ3v) is 4.18. The number of hydrogen-bond donors (Lipinski definition) is 1. The van der Waals surface area contributed by atoms with Crippen molar-refractivity contribution in [2.45, 2.75) is 22.6 Å². The predicted molar refractivity (Wildman–Crippen MR) is 64.3 cm³/mol. The molecular weight excluding hydrogens is 244 g/mol. The summed E-state index contributed by atoms with van der Waals surface area (Å²) in [5.74, 6) is -0.788. The summed E-state index contributed by atoms with van der Waals surface area (Å²) in [6, 6.07) is 3.81. The van der Waals surface area contributed by atoms with Crippen LogP contribution in [-0.2, 0) is 4.74 Å². The van der Waals surface area contributed by atoms with Gasteiger partial charge in [0.2, 0.25) is 0 Å².